The second kappa shape index (κ2) is 11.8. The van der Waals surface area contributed by atoms with Crippen molar-refractivity contribution in [2.75, 3.05) is 20.2 Å². The number of rotatable bonds is 8. The van der Waals surface area contributed by atoms with Crippen molar-refractivity contribution in [2.45, 2.75) is 44.6 Å². The summed E-state index contributed by atoms with van der Waals surface area (Å²) in [5.41, 5.74) is 1.09. The number of hydrogen-bond donors (Lipinski definition) is 0. The van der Waals surface area contributed by atoms with Crippen LogP contribution in [0.25, 0.3) is 0 Å². The fraction of sp³-hybridized carbons (Fsp3) is 0.588. The first-order valence-electron chi connectivity index (χ1n) is 7.69. The fourth-order valence-electron chi connectivity index (χ4n) is 2.70. The minimum Gasteiger partial charge on any atom is -0.490 e. The molecule has 0 bridgehead atoms. The van der Waals surface area contributed by atoms with Crippen molar-refractivity contribution >= 4 is 24.8 Å². The fourth-order valence-corrected chi connectivity index (χ4v) is 2.70. The number of likely N-dealkylation sites (tertiary alicyclic amines) is 1. The van der Waals surface area contributed by atoms with E-state index in [9.17, 15) is 0 Å². The highest BCUT2D eigenvalue weighted by molar-refractivity contribution is 5.85. The first kappa shape index (κ1) is 21.2. The Morgan fingerprint density at radius 2 is 2.23 bits per heavy atom. The number of unbranched alkanes of at least 4 members (excludes halogenated alkanes) is 2. The van der Waals surface area contributed by atoms with Gasteiger partial charge in [0.15, 0.2) is 0 Å². The molecule has 1 fully saturated rings. The van der Waals surface area contributed by atoms with Gasteiger partial charge in [0.2, 0.25) is 0 Å². The van der Waals surface area contributed by atoms with Crippen LogP contribution < -0.4 is 4.74 Å². The lowest BCUT2D eigenvalue weighted by molar-refractivity contribution is 0.196. The van der Waals surface area contributed by atoms with Crippen LogP contribution in [0, 0.1) is 0 Å². The highest BCUT2D eigenvalue weighted by atomic mass is 35.5. The topological polar surface area (TPSA) is 25.4 Å². The van der Waals surface area contributed by atoms with Crippen molar-refractivity contribution in [1.82, 2.24) is 9.88 Å². The third kappa shape index (κ3) is 6.55. The SMILES string of the molecule is C=CCCCCc1ncccc1OC[C@@H]1CCCN1C.Cl.Cl. The highest BCUT2D eigenvalue weighted by Gasteiger charge is 2.21. The molecule has 2 rings (SSSR count). The summed E-state index contributed by atoms with van der Waals surface area (Å²) < 4.78 is 6.02. The lowest BCUT2D eigenvalue weighted by Crippen LogP contribution is -2.30. The Kier molecular flexibility index (Phi) is 11.3. The van der Waals surface area contributed by atoms with Gasteiger partial charge in [-0.15, -0.1) is 31.4 Å². The third-order valence-electron chi connectivity index (χ3n) is 4.02. The van der Waals surface area contributed by atoms with E-state index >= 15 is 0 Å². The summed E-state index contributed by atoms with van der Waals surface area (Å²) in [6, 6.07) is 4.56. The Morgan fingerprint density at radius 3 is 2.91 bits per heavy atom. The molecule has 1 aromatic heterocycles. The molecule has 0 unspecified atom stereocenters. The van der Waals surface area contributed by atoms with Crippen molar-refractivity contribution < 1.29 is 4.74 Å². The molecule has 3 nitrogen and oxygen atoms in total. The average molecular weight is 347 g/mol. The molecule has 126 valence electrons. The molecule has 1 saturated heterocycles. The van der Waals surface area contributed by atoms with Crippen LogP contribution in [-0.4, -0.2) is 36.1 Å². The number of halogens is 2. The van der Waals surface area contributed by atoms with Crippen LogP contribution in [0.4, 0.5) is 0 Å². The number of hydrogen-bond acceptors (Lipinski definition) is 3. The second-order valence-electron chi connectivity index (χ2n) is 5.57. The van der Waals surface area contributed by atoms with Crippen LogP contribution >= 0.6 is 24.8 Å². The number of allylic oxidation sites excluding steroid dienone is 1. The number of likely N-dealkylation sites (N-methyl/N-ethyl adjacent to an activating group) is 1. The highest BCUT2D eigenvalue weighted by Crippen LogP contribution is 2.21. The molecule has 0 spiro atoms. The van der Waals surface area contributed by atoms with E-state index in [2.05, 4.69) is 23.5 Å². The number of ether oxygens (including phenoxy) is 1. The summed E-state index contributed by atoms with van der Waals surface area (Å²) >= 11 is 0. The lowest BCUT2D eigenvalue weighted by atomic mass is 10.1. The monoisotopic (exact) mass is 346 g/mol. The predicted octanol–water partition coefficient (Wildman–Crippen LogP) is 4.30. The minimum absolute atomic E-state index is 0. The van der Waals surface area contributed by atoms with E-state index in [0.717, 1.165) is 37.3 Å². The number of pyridine rings is 1. The van der Waals surface area contributed by atoms with E-state index in [1.54, 1.807) is 0 Å². The molecule has 2 heterocycles. The molecule has 0 saturated carbocycles. The van der Waals surface area contributed by atoms with Gasteiger partial charge in [0.1, 0.15) is 12.4 Å². The Labute approximate surface area is 147 Å². The summed E-state index contributed by atoms with van der Waals surface area (Å²) in [7, 11) is 2.18. The van der Waals surface area contributed by atoms with Gasteiger partial charge in [-0.1, -0.05) is 6.08 Å². The zero-order chi connectivity index (χ0) is 14.2. The molecule has 0 aliphatic carbocycles. The maximum absolute atomic E-state index is 6.02. The molecule has 0 amide bonds. The van der Waals surface area contributed by atoms with Gasteiger partial charge in [-0.25, -0.2) is 0 Å². The van der Waals surface area contributed by atoms with Crippen molar-refractivity contribution in [3.8, 4) is 5.75 Å². The molecule has 22 heavy (non-hydrogen) atoms. The van der Waals surface area contributed by atoms with Crippen LogP contribution in [0.1, 0.15) is 37.8 Å². The van der Waals surface area contributed by atoms with Gasteiger partial charge in [0.25, 0.3) is 0 Å². The van der Waals surface area contributed by atoms with Crippen LogP contribution in [-0.2, 0) is 6.42 Å². The van der Waals surface area contributed by atoms with Crippen LogP contribution in [0.15, 0.2) is 31.0 Å². The summed E-state index contributed by atoms with van der Waals surface area (Å²) in [6.45, 7) is 5.73. The Bertz CT molecular complexity index is 429. The van der Waals surface area contributed by atoms with Crippen LogP contribution in [0.3, 0.4) is 0 Å². The van der Waals surface area contributed by atoms with Gasteiger partial charge < -0.3 is 9.64 Å². The molecular weight excluding hydrogens is 319 g/mol. The molecule has 5 heteroatoms. The number of aryl methyl sites for hydroxylation is 1. The zero-order valence-corrected chi connectivity index (χ0v) is 15.0. The summed E-state index contributed by atoms with van der Waals surface area (Å²) in [5, 5.41) is 0. The van der Waals surface area contributed by atoms with Gasteiger partial charge >= 0.3 is 0 Å². The van der Waals surface area contributed by atoms with Crippen molar-refractivity contribution in [3.63, 3.8) is 0 Å². The van der Waals surface area contributed by atoms with Crippen molar-refractivity contribution in [3.05, 3.63) is 36.7 Å². The Morgan fingerprint density at radius 1 is 1.41 bits per heavy atom. The van der Waals surface area contributed by atoms with Crippen LogP contribution in [0.5, 0.6) is 5.75 Å². The molecule has 0 N–H and O–H groups in total. The van der Waals surface area contributed by atoms with E-state index in [4.69, 9.17) is 4.74 Å². The maximum Gasteiger partial charge on any atom is 0.140 e. The minimum atomic E-state index is 0. The first-order chi connectivity index (χ1) is 9.81. The molecule has 1 atom stereocenters. The maximum atomic E-state index is 6.02. The smallest absolute Gasteiger partial charge is 0.140 e. The summed E-state index contributed by atoms with van der Waals surface area (Å²) in [5.74, 6) is 0.964. The Balaban J connectivity index is 0.00000220. The van der Waals surface area contributed by atoms with E-state index in [0.29, 0.717) is 6.04 Å². The largest absolute Gasteiger partial charge is 0.490 e. The number of aromatic nitrogens is 1. The van der Waals surface area contributed by atoms with Gasteiger partial charge in [-0.2, -0.15) is 0 Å². The zero-order valence-electron chi connectivity index (χ0n) is 13.4. The Hall–Kier alpha value is -0.770. The van der Waals surface area contributed by atoms with E-state index in [1.807, 2.05) is 24.4 Å². The van der Waals surface area contributed by atoms with E-state index < -0.39 is 0 Å². The van der Waals surface area contributed by atoms with Crippen molar-refractivity contribution in [1.29, 1.82) is 0 Å². The quantitative estimate of drug-likeness (QED) is 0.518. The number of nitrogens with zero attached hydrogens (tertiary/aromatic N) is 2. The normalized spacial score (nSPS) is 17.4. The molecular formula is C17H28Cl2N2O. The van der Waals surface area contributed by atoms with Gasteiger partial charge in [0, 0.05) is 12.2 Å². The van der Waals surface area contributed by atoms with E-state index in [1.165, 1.54) is 25.8 Å². The first-order valence-corrected chi connectivity index (χ1v) is 7.69. The van der Waals surface area contributed by atoms with Gasteiger partial charge in [-0.05, 0) is 64.3 Å². The second-order valence-corrected chi connectivity index (χ2v) is 5.57. The predicted molar refractivity (Wildman–Crippen MR) is 97.6 cm³/mol. The molecule has 1 aliphatic heterocycles. The van der Waals surface area contributed by atoms with Crippen molar-refractivity contribution in [2.24, 2.45) is 0 Å². The van der Waals surface area contributed by atoms with E-state index in [-0.39, 0.29) is 24.8 Å². The van der Waals surface area contributed by atoms with Gasteiger partial charge in [0.05, 0.1) is 5.69 Å². The molecule has 0 aromatic carbocycles. The lowest BCUT2D eigenvalue weighted by Gasteiger charge is -2.20. The average Bonchev–Trinajstić information content (AvgIpc) is 2.88. The van der Waals surface area contributed by atoms with Gasteiger partial charge in [-0.3, -0.25) is 4.98 Å². The summed E-state index contributed by atoms with van der Waals surface area (Å²) in [4.78, 5) is 6.87. The molecule has 1 aliphatic rings. The molecule has 0 radical (unpaired) electrons. The third-order valence-corrected chi connectivity index (χ3v) is 4.02. The standard InChI is InChI=1S/C17H26N2O.2ClH/c1-3-4-5-6-10-16-17(11-7-12-18-16)20-14-15-9-8-13-19(15)2;;/h3,7,11-12,15H,1,4-6,8-10,13-14H2,2H3;2*1H/t15-;;/m0../s1. The van der Waals surface area contributed by atoms with Crippen LogP contribution in [0.2, 0.25) is 0 Å². The molecule has 1 aromatic rings. The summed E-state index contributed by atoms with van der Waals surface area (Å²) in [6.07, 6.45) is 10.7.